The first-order chi connectivity index (χ1) is 11.4. The fourth-order valence-electron chi connectivity index (χ4n) is 3.12. The molecular formula is C17H21ClN4O2. The number of benzene rings is 1. The lowest BCUT2D eigenvalue weighted by Gasteiger charge is -2.33. The van der Waals surface area contributed by atoms with Crippen molar-refractivity contribution in [3.63, 3.8) is 0 Å². The predicted octanol–water partition coefficient (Wildman–Crippen LogP) is 3.29. The monoisotopic (exact) mass is 348 g/mol. The summed E-state index contributed by atoms with van der Waals surface area (Å²) in [5, 5.41) is 17.7. The first-order valence-electron chi connectivity index (χ1n) is 7.96. The second-order valence-electron chi connectivity index (χ2n) is 6.55. The van der Waals surface area contributed by atoms with Gasteiger partial charge in [0, 0.05) is 24.6 Å². The van der Waals surface area contributed by atoms with E-state index in [-0.39, 0.29) is 12.1 Å². The van der Waals surface area contributed by atoms with Crippen LogP contribution in [0.25, 0.3) is 5.69 Å². The maximum absolute atomic E-state index is 12.5. The molecule has 0 saturated carbocycles. The summed E-state index contributed by atoms with van der Waals surface area (Å²) in [6, 6.07) is 6.71. The molecule has 0 bridgehead atoms. The molecule has 1 aromatic carbocycles. The molecule has 24 heavy (non-hydrogen) atoms. The van der Waals surface area contributed by atoms with Crippen molar-refractivity contribution in [1.29, 1.82) is 0 Å². The van der Waals surface area contributed by atoms with Gasteiger partial charge in [0.05, 0.1) is 22.4 Å². The van der Waals surface area contributed by atoms with Gasteiger partial charge in [-0.05, 0) is 51.0 Å². The smallest absolute Gasteiger partial charge is 0.322 e. The van der Waals surface area contributed by atoms with E-state index in [9.17, 15) is 9.90 Å². The number of urea groups is 1. The predicted molar refractivity (Wildman–Crippen MR) is 93.6 cm³/mol. The first kappa shape index (κ1) is 16.8. The first-order valence-corrected chi connectivity index (χ1v) is 8.33. The topological polar surface area (TPSA) is 70.4 Å². The molecule has 1 fully saturated rings. The normalized spacial score (nSPS) is 18.0. The molecule has 1 aromatic heterocycles. The zero-order valence-electron chi connectivity index (χ0n) is 13.7. The van der Waals surface area contributed by atoms with Crippen molar-refractivity contribution in [3.8, 4) is 5.69 Å². The Bertz CT molecular complexity index is 725. The number of likely N-dealkylation sites (tertiary alicyclic amines) is 1. The molecule has 2 aromatic rings. The number of hydrogen-bond acceptors (Lipinski definition) is 3. The van der Waals surface area contributed by atoms with E-state index in [1.807, 2.05) is 12.1 Å². The molecule has 1 aliphatic rings. The van der Waals surface area contributed by atoms with E-state index < -0.39 is 5.60 Å². The second-order valence-corrected chi connectivity index (χ2v) is 6.96. The lowest BCUT2D eigenvalue weighted by atomic mass is 9.97. The number of carbonyl (C=O) groups excluding carboxylic acids is 1. The van der Waals surface area contributed by atoms with Gasteiger partial charge in [0.1, 0.15) is 0 Å². The molecular weight excluding hydrogens is 328 g/mol. The second kappa shape index (κ2) is 6.45. The van der Waals surface area contributed by atoms with E-state index >= 15 is 0 Å². The number of hydrogen-bond donors (Lipinski definition) is 2. The van der Waals surface area contributed by atoms with Crippen molar-refractivity contribution >= 4 is 23.3 Å². The molecule has 1 unspecified atom stereocenters. The van der Waals surface area contributed by atoms with Gasteiger partial charge in [-0.1, -0.05) is 11.6 Å². The van der Waals surface area contributed by atoms with Crippen LogP contribution in [0.5, 0.6) is 0 Å². The van der Waals surface area contributed by atoms with Crippen LogP contribution >= 0.6 is 11.6 Å². The van der Waals surface area contributed by atoms with E-state index in [0.717, 1.165) is 18.5 Å². The SMILES string of the molecule is CC(C)(O)C1CCCN1C(=O)Nc1ccc(-n2cccn2)c(Cl)c1. The van der Waals surface area contributed by atoms with Gasteiger partial charge in [-0.2, -0.15) is 5.10 Å². The van der Waals surface area contributed by atoms with Gasteiger partial charge in [0.2, 0.25) is 0 Å². The number of aromatic nitrogens is 2. The molecule has 1 saturated heterocycles. The summed E-state index contributed by atoms with van der Waals surface area (Å²) in [5.74, 6) is 0. The highest BCUT2D eigenvalue weighted by Gasteiger charge is 2.38. The van der Waals surface area contributed by atoms with E-state index in [0.29, 0.717) is 17.3 Å². The van der Waals surface area contributed by atoms with Gasteiger partial charge >= 0.3 is 6.03 Å². The summed E-state index contributed by atoms with van der Waals surface area (Å²) in [4.78, 5) is 14.2. The number of aliphatic hydroxyl groups is 1. The quantitative estimate of drug-likeness (QED) is 0.894. The Balaban J connectivity index is 1.74. The van der Waals surface area contributed by atoms with Crippen LogP contribution in [0.4, 0.5) is 10.5 Å². The zero-order chi connectivity index (χ0) is 17.3. The third-order valence-electron chi connectivity index (χ3n) is 4.28. The van der Waals surface area contributed by atoms with Crippen LogP contribution in [-0.2, 0) is 0 Å². The standard InChI is InChI=1S/C17H21ClN4O2/c1-17(2,24)15-5-3-9-21(15)16(23)20-12-6-7-14(13(18)11-12)22-10-4-8-19-22/h4,6-8,10-11,15,24H,3,5,9H2,1-2H3,(H,20,23). The van der Waals surface area contributed by atoms with Crippen molar-refractivity contribution in [2.24, 2.45) is 0 Å². The van der Waals surface area contributed by atoms with Gasteiger partial charge in [-0.15, -0.1) is 0 Å². The van der Waals surface area contributed by atoms with Gasteiger partial charge in [-0.3, -0.25) is 0 Å². The fourth-order valence-corrected chi connectivity index (χ4v) is 3.39. The molecule has 6 nitrogen and oxygen atoms in total. The minimum absolute atomic E-state index is 0.184. The van der Waals surface area contributed by atoms with Gasteiger partial charge in [-0.25, -0.2) is 9.48 Å². The largest absolute Gasteiger partial charge is 0.388 e. The van der Waals surface area contributed by atoms with E-state index in [2.05, 4.69) is 10.4 Å². The average molecular weight is 349 g/mol. The van der Waals surface area contributed by atoms with Crippen LogP contribution in [0.15, 0.2) is 36.7 Å². The summed E-state index contributed by atoms with van der Waals surface area (Å²) >= 11 is 6.30. The summed E-state index contributed by atoms with van der Waals surface area (Å²) in [6.45, 7) is 4.11. The number of anilines is 1. The highest BCUT2D eigenvalue weighted by atomic mass is 35.5. The van der Waals surface area contributed by atoms with Crippen LogP contribution in [-0.4, -0.2) is 44.0 Å². The molecule has 0 radical (unpaired) electrons. The number of nitrogens with zero attached hydrogens (tertiary/aromatic N) is 3. The fraction of sp³-hybridized carbons (Fsp3) is 0.412. The molecule has 128 valence electrons. The number of carbonyl (C=O) groups is 1. The lowest BCUT2D eigenvalue weighted by molar-refractivity contribution is 0.0117. The Kier molecular flexibility index (Phi) is 4.51. The van der Waals surface area contributed by atoms with Crippen LogP contribution in [0.1, 0.15) is 26.7 Å². The summed E-state index contributed by atoms with van der Waals surface area (Å²) in [7, 11) is 0. The maximum Gasteiger partial charge on any atom is 0.322 e. The van der Waals surface area contributed by atoms with Gasteiger partial charge in [0.25, 0.3) is 0 Å². The number of amides is 2. The average Bonchev–Trinajstić information content (AvgIpc) is 3.18. The lowest BCUT2D eigenvalue weighted by Crippen LogP contribution is -2.49. The van der Waals surface area contributed by atoms with Crippen LogP contribution in [0, 0.1) is 0 Å². The summed E-state index contributed by atoms with van der Waals surface area (Å²) < 4.78 is 1.67. The highest BCUT2D eigenvalue weighted by Crippen LogP contribution is 2.28. The van der Waals surface area contributed by atoms with E-state index in [4.69, 9.17) is 11.6 Å². The molecule has 2 N–H and O–H groups in total. The molecule has 2 amide bonds. The third kappa shape index (κ3) is 3.39. The number of halogens is 1. The Morgan fingerprint density at radius 3 is 2.88 bits per heavy atom. The maximum atomic E-state index is 12.5. The minimum Gasteiger partial charge on any atom is -0.388 e. The molecule has 3 rings (SSSR count). The molecule has 0 aliphatic carbocycles. The summed E-state index contributed by atoms with van der Waals surface area (Å²) in [6.07, 6.45) is 5.17. The van der Waals surface area contributed by atoms with E-state index in [1.165, 1.54) is 0 Å². The molecule has 7 heteroatoms. The van der Waals surface area contributed by atoms with Crippen molar-refractivity contribution in [3.05, 3.63) is 41.7 Å². The zero-order valence-corrected chi connectivity index (χ0v) is 14.5. The highest BCUT2D eigenvalue weighted by molar-refractivity contribution is 6.32. The van der Waals surface area contributed by atoms with Crippen LogP contribution in [0.2, 0.25) is 5.02 Å². The Labute approximate surface area is 146 Å². The Morgan fingerprint density at radius 1 is 1.46 bits per heavy atom. The molecule has 1 atom stereocenters. The van der Waals surface area contributed by atoms with Crippen molar-refractivity contribution < 1.29 is 9.90 Å². The van der Waals surface area contributed by atoms with Gasteiger partial charge < -0.3 is 15.3 Å². The van der Waals surface area contributed by atoms with Crippen molar-refractivity contribution in [1.82, 2.24) is 14.7 Å². The Morgan fingerprint density at radius 2 is 2.25 bits per heavy atom. The minimum atomic E-state index is -0.921. The van der Waals surface area contributed by atoms with Crippen molar-refractivity contribution in [2.45, 2.75) is 38.3 Å². The molecule has 0 spiro atoms. The molecule has 1 aliphatic heterocycles. The third-order valence-corrected chi connectivity index (χ3v) is 4.58. The number of rotatable bonds is 3. The van der Waals surface area contributed by atoms with Crippen LogP contribution < -0.4 is 5.32 Å². The van der Waals surface area contributed by atoms with Crippen LogP contribution in [0.3, 0.4) is 0 Å². The summed E-state index contributed by atoms with van der Waals surface area (Å²) in [5.41, 5.74) is 0.438. The van der Waals surface area contributed by atoms with Gasteiger partial charge in [0.15, 0.2) is 0 Å². The Hall–Kier alpha value is -2.05. The number of nitrogens with one attached hydrogen (secondary N) is 1. The van der Waals surface area contributed by atoms with Crippen molar-refractivity contribution in [2.75, 3.05) is 11.9 Å². The molecule has 2 heterocycles. The van der Waals surface area contributed by atoms with E-state index in [1.54, 1.807) is 48.0 Å².